The fourth-order valence-electron chi connectivity index (χ4n) is 5.85. The van der Waals surface area contributed by atoms with E-state index in [0.29, 0.717) is 0 Å². The van der Waals surface area contributed by atoms with Crippen LogP contribution in [0.1, 0.15) is 68.2 Å². The molecule has 120 valence electrons. The molecule has 0 aromatic heterocycles. The Morgan fingerprint density at radius 2 is 0.682 bits per heavy atom. The van der Waals surface area contributed by atoms with Gasteiger partial charge in [0.2, 0.25) is 0 Å². The summed E-state index contributed by atoms with van der Waals surface area (Å²) in [6, 6.07) is 0. The second kappa shape index (κ2) is 3.83. The van der Waals surface area contributed by atoms with Crippen LogP contribution in [-0.4, -0.2) is 11.6 Å². The molecule has 3 rings (SSSR count). The number of rotatable bonds is 0. The Morgan fingerprint density at radius 1 is 0.500 bits per heavy atom. The highest BCUT2D eigenvalue weighted by Crippen LogP contribution is 2.63. The normalized spacial score (nSPS) is 30.7. The molecular weight excluding hydrogens is 272 g/mol. The largest absolute Gasteiger partial charge is 0.289 e. The summed E-state index contributed by atoms with van der Waals surface area (Å²) >= 11 is 0. The number of hydrogen-bond donors (Lipinski definition) is 0. The lowest BCUT2D eigenvalue weighted by atomic mass is 9.71. The van der Waals surface area contributed by atoms with E-state index in [1.165, 1.54) is 0 Å². The van der Waals surface area contributed by atoms with Crippen LogP contribution < -0.4 is 0 Å². The van der Waals surface area contributed by atoms with E-state index in [4.69, 9.17) is 0 Å². The van der Waals surface area contributed by atoms with Crippen LogP contribution in [0.25, 0.3) is 0 Å². The van der Waals surface area contributed by atoms with E-state index in [-0.39, 0.29) is 33.2 Å². The minimum absolute atomic E-state index is 0.149. The van der Waals surface area contributed by atoms with Crippen LogP contribution in [0.3, 0.4) is 0 Å². The van der Waals surface area contributed by atoms with E-state index in [1.54, 1.807) is 0 Å². The van der Waals surface area contributed by atoms with Gasteiger partial charge in [-0.25, -0.2) is 0 Å². The Morgan fingerprint density at radius 3 is 0.864 bits per heavy atom. The van der Waals surface area contributed by atoms with Gasteiger partial charge in [0.25, 0.3) is 0 Å². The highest BCUT2D eigenvalue weighted by atomic mass is 16.1. The van der Waals surface area contributed by atoms with Crippen LogP contribution in [0.15, 0.2) is 22.3 Å². The third-order valence-corrected chi connectivity index (χ3v) is 5.88. The minimum atomic E-state index is -0.215. The minimum Gasteiger partial charge on any atom is -0.289 e. The van der Waals surface area contributed by atoms with E-state index in [0.717, 1.165) is 35.1 Å². The van der Waals surface area contributed by atoms with Crippen molar-refractivity contribution in [1.29, 1.82) is 0 Å². The number of Topliss-reactive ketones (excluding diaryl/α,β-unsaturated/α-hetero) is 2. The monoisotopic (exact) mass is 300 g/mol. The van der Waals surface area contributed by atoms with Gasteiger partial charge in [0.1, 0.15) is 0 Å². The number of allylic oxidation sites excluding steroid dienone is 4. The summed E-state index contributed by atoms with van der Waals surface area (Å²) in [5.74, 6) is 0.298. The first-order valence-electron chi connectivity index (χ1n) is 8.32. The second-order valence-electron chi connectivity index (χ2n) is 10.0. The summed E-state index contributed by atoms with van der Waals surface area (Å²) in [7, 11) is 0. The van der Waals surface area contributed by atoms with Crippen LogP contribution >= 0.6 is 0 Å². The van der Waals surface area contributed by atoms with Crippen molar-refractivity contribution in [3.8, 4) is 0 Å². The molecule has 0 unspecified atom stereocenters. The Kier molecular flexibility index (Phi) is 2.73. The molecule has 2 nitrogen and oxygen atoms in total. The molecule has 0 amide bonds. The Balaban J connectivity index is 2.31. The first kappa shape index (κ1) is 15.7. The molecule has 0 aromatic rings. The molecule has 0 saturated heterocycles. The van der Waals surface area contributed by atoms with Crippen LogP contribution in [0.2, 0.25) is 0 Å². The zero-order chi connectivity index (χ0) is 16.9. The number of hydrogen-bond acceptors (Lipinski definition) is 2. The van der Waals surface area contributed by atoms with Crippen molar-refractivity contribution < 1.29 is 9.59 Å². The topological polar surface area (TPSA) is 34.1 Å². The first-order valence-corrected chi connectivity index (χ1v) is 8.32. The average Bonchev–Trinajstić information content (AvgIpc) is 2.57. The maximum atomic E-state index is 13.4. The van der Waals surface area contributed by atoms with Crippen LogP contribution in [-0.2, 0) is 9.59 Å². The van der Waals surface area contributed by atoms with Gasteiger partial charge in [-0.15, -0.1) is 0 Å². The number of carbonyl (C=O) groups is 2. The molecule has 0 saturated carbocycles. The molecule has 0 atom stereocenters. The summed E-state index contributed by atoms with van der Waals surface area (Å²) in [6.07, 6.45) is 1.73. The molecular formula is C20H28O2. The van der Waals surface area contributed by atoms with Gasteiger partial charge in [-0.05, 0) is 34.5 Å². The summed E-state index contributed by atoms with van der Waals surface area (Å²) in [5, 5.41) is 0. The third kappa shape index (κ3) is 1.73. The summed E-state index contributed by atoms with van der Waals surface area (Å²) in [4.78, 5) is 26.7. The maximum Gasteiger partial charge on any atom is 0.186 e. The molecule has 0 aromatic carbocycles. The summed E-state index contributed by atoms with van der Waals surface area (Å²) < 4.78 is 0. The standard InChI is InChI=1S/C20H28O2/c1-17(2)9-18(3,4)12-11(17)15(21)13-14(16(12)22)20(7,8)10-19(13,5)6/h9-10H2,1-8H3. The fourth-order valence-corrected chi connectivity index (χ4v) is 5.85. The Hall–Kier alpha value is -1.18. The Bertz CT molecular complexity index is 566. The van der Waals surface area contributed by atoms with Gasteiger partial charge in [0, 0.05) is 22.3 Å². The van der Waals surface area contributed by atoms with Gasteiger partial charge < -0.3 is 0 Å². The smallest absolute Gasteiger partial charge is 0.186 e. The van der Waals surface area contributed by atoms with Crippen LogP contribution in [0.4, 0.5) is 0 Å². The molecule has 3 aliphatic carbocycles. The third-order valence-electron chi connectivity index (χ3n) is 5.88. The predicted molar refractivity (Wildman–Crippen MR) is 88.4 cm³/mol. The summed E-state index contributed by atoms with van der Waals surface area (Å²) in [5.41, 5.74) is 2.33. The molecule has 0 N–H and O–H groups in total. The number of carbonyl (C=O) groups excluding carboxylic acids is 2. The SMILES string of the molecule is CC1(C)CC(C)(C)C2=C1C(=O)C1=C(C2=O)C(C)(C)CC1(C)C. The Labute approximate surface area is 134 Å². The second-order valence-corrected chi connectivity index (χ2v) is 10.0. The van der Waals surface area contributed by atoms with Crippen LogP contribution in [0.5, 0.6) is 0 Å². The van der Waals surface area contributed by atoms with E-state index < -0.39 is 0 Å². The van der Waals surface area contributed by atoms with E-state index in [1.807, 2.05) is 0 Å². The first-order chi connectivity index (χ1) is 9.72. The highest BCUT2D eigenvalue weighted by molar-refractivity contribution is 6.28. The van der Waals surface area contributed by atoms with Gasteiger partial charge in [-0.2, -0.15) is 0 Å². The zero-order valence-electron chi connectivity index (χ0n) is 15.2. The van der Waals surface area contributed by atoms with Gasteiger partial charge in [-0.3, -0.25) is 9.59 Å². The molecule has 3 aliphatic rings. The number of ketones is 2. The van der Waals surface area contributed by atoms with Crippen LogP contribution in [0, 0.1) is 21.7 Å². The lowest BCUT2D eigenvalue weighted by Crippen LogP contribution is -2.32. The maximum absolute atomic E-state index is 13.4. The van der Waals surface area contributed by atoms with E-state index in [9.17, 15) is 9.59 Å². The van der Waals surface area contributed by atoms with Crippen molar-refractivity contribution in [2.45, 2.75) is 68.2 Å². The lowest BCUT2D eigenvalue weighted by Gasteiger charge is -2.30. The van der Waals surface area contributed by atoms with Gasteiger partial charge in [0.15, 0.2) is 11.6 Å². The van der Waals surface area contributed by atoms with Crippen molar-refractivity contribution in [3.05, 3.63) is 22.3 Å². The zero-order valence-corrected chi connectivity index (χ0v) is 15.2. The molecule has 0 aliphatic heterocycles. The van der Waals surface area contributed by atoms with Gasteiger partial charge >= 0.3 is 0 Å². The fraction of sp³-hybridized carbons (Fsp3) is 0.700. The molecule has 0 bridgehead atoms. The van der Waals surface area contributed by atoms with Gasteiger partial charge in [-0.1, -0.05) is 55.4 Å². The highest BCUT2D eigenvalue weighted by Gasteiger charge is 2.59. The van der Waals surface area contributed by atoms with E-state index >= 15 is 0 Å². The molecule has 0 heterocycles. The summed E-state index contributed by atoms with van der Waals surface area (Å²) in [6.45, 7) is 16.9. The lowest BCUT2D eigenvalue weighted by molar-refractivity contribution is -0.118. The van der Waals surface area contributed by atoms with Crippen molar-refractivity contribution >= 4 is 11.6 Å². The predicted octanol–water partition coefficient (Wildman–Crippen LogP) is 4.64. The molecule has 0 radical (unpaired) electrons. The quantitative estimate of drug-likeness (QED) is 0.611. The van der Waals surface area contributed by atoms with Crippen molar-refractivity contribution in [2.24, 2.45) is 21.7 Å². The van der Waals surface area contributed by atoms with Gasteiger partial charge in [0.05, 0.1) is 0 Å². The molecule has 2 heteroatoms. The van der Waals surface area contributed by atoms with Crippen molar-refractivity contribution in [3.63, 3.8) is 0 Å². The van der Waals surface area contributed by atoms with Crippen molar-refractivity contribution in [2.75, 3.05) is 0 Å². The van der Waals surface area contributed by atoms with Crippen molar-refractivity contribution in [1.82, 2.24) is 0 Å². The molecule has 0 fully saturated rings. The average molecular weight is 300 g/mol. The molecule has 0 spiro atoms. The molecule has 22 heavy (non-hydrogen) atoms. The van der Waals surface area contributed by atoms with E-state index in [2.05, 4.69) is 55.4 Å².